The van der Waals surface area contributed by atoms with Crippen molar-refractivity contribution in [2.45, 2.75) is 12.5 Å². The molecule has 5 heteroatoms. The van der Waals surface area contributed by atoms with E-state index in [4.69, 9.17) is 5.11 Å². The molecule has 0 spiro atoms. The normalized spacial score (nSPS) is 31.2. The van der Waals surface area contributed by atoms with Crippen molar-refractivity contribution in [3.8, 4) is 0 Å². The second-order valence-corrected chi connectivity index (χ2v) is 5.33. The molecule has 1 N–H and O–H groups in total. The summed E-state index contributed by atoms with van der Waals surface area (Å²) >= 11 is 1.36. The molecule has 2 fully saturated rings. The van der Waals surface area contributed by atoms with Gasteiger partial charge in [-0.1, -0.05) is 6.07 Å². The van der Waals surface area contributed by atoms with Crippen LogP contribution in [0.3, 0.4) is 0 Å². The Balaban J connectivity index is 1.85. The minimum atomic E-state index is -0.866. The third kappa shape index (κ3) is 1.35. The van der Waals surface area contributed by atoms with Crippen LogP contribution in [0.5, 0.6) is 0 Å². The molecule has 3 atom stereocenters. The summed E-state index contributed by atoms with van der Waals surface area (Å²) in [6, 6.07) is 2.96. The van der Waals surface area contributed by atoms with Gasteiger partial charge in [-0.15, -0.1) is 11.3 Å². The number of rotatable bonds is 2. The zero-order valence-corrected chi connectivity index (χ0v) is 9.31. The van der Waals surface area contributed by atoms with Crippen LogP contribution >= 0.6 is 11.3 Å². The maximum Gasteiger partial charge on any atom is 0.326 e. The minimum absolute atomic E-state index is 0.130. The van der Waals surface area contributed by atoms with Gasteiger partial charge < -0.3 is 10.0 Å². The lowest BCUT2D eigenvalue weighted by Crippen LogP contribution is -2.43. The van der Waals surface area contributed by atoms with Gasteiger partial charge >= 0.3 is 5.97 Å². The Labute approximate surface area is 96.5 Å². The Hall–Kier alpha value is -1.36. The maximum atomic E-state index is 12.1. The summed E-state index contributed by atoms with van der Waals surface area (Å²) in [5, 5.41) is 11.0. The van der Waals surface area contributed by atoms with Crippen molar-refractivity contribution in [1.29, 1.82) is 0 Å². The van der Waals surface area contributed by atoms with Crippen molar-refractivity contribution in [3.05, 3.63) is 22.4 Å². The number of aliphatic carboxylic acids is 1. The Kier molecular flexibility index (Phi) is 2.04. The number of piperidine rings is 1. The molecule has 84 valence electrons. The zero-order chi connectivity index (χ0) is 11.3. The molecule has 0 unspecified atom stereocenters. The molecule has 1 saturated carbocycles. The summed E-state index contributed by atoms with van der Waals surface area (Å²) in [5.41, 5.74) is 0. The molecule has 1 saturated heterocycles. The summed E-state index contributed by atoms with van der Waals surface area (Å²) in [5.74, 6) is -0.379. The lowest BCUT2D eigenvalue weighted by molar-refractivity contribution is -0.142. The SMILES string of the molecule is O=C(O)[C@@H]1[C@H]2C[C@H]2CN1C(=O)c1cccs1. The third-order valence-corrected chi connectivity index (χ3v) is 4.25. The van der Waals surface area contributed by atoms with Crippen molar-refractivity contribution < 1.29 is 14.7 Å². The first-order chi connectivity index (χ1) is 7.68. The monoisotopic (exact) mass is 237 g/mol. The second-order valence-electron chi connectivity index (χ2n) is 4.38. The van der Waals surface area contributed by atoms with Gasteiger partial charge in [0.05, 0.1) is 4.88 Å². The number of fused-ring (bicyclic) bond motifs is 1. The molecule has 1 aliphatic heterocycles. The minimum Gasteiger partial charge on any atom is -0.480 e. The average Bonchev–Trinajstić information content (AvgIpc) is 2.72. The van der Waals surface area contributed by atoms with Crippen LogP contribution < -0.4 is 0 Å². The van der Waals surface area contributed by atoms with Crippen LogP contribution in [0.15, 0.2) is 17.5 Å². The smallest absolute Gasteiger partial charge is 0.326 e. The summed E-state index contributed by atoms with van der Waals surface area (Å²) in [6.45, 7) is 0.609. The highest BCUT2D eigenvalue weighted by Crippen LogP contribution is 2.50. The van der Waals surface area contributed by atoms with Gasteiger partial charge in [0.25, 0.3) is 5.91 Å². The molecular weight excluding hydrogens is 226 g/mol. The van der Waals surface area contributed by atoms with Gasteiger partial charge in [-0.3, -0.25) is 4.79 Å². The highest BCUT2D eigenvalue weighted by molar-refractivity contribution is 7.12. The Morgan fingerprint density at radius 1 is 1.50 bits per heavy atom. The molecule has 2 aliphatic rings. The first-order valence-corrected chi connectivity index (χ1v) is 6.13. The number of thiophene rings is 1. The van der Waals surface area contributed by atoms with Gasteiger partial charge in [-0.05, 0) is 29.7 Å². The molecule has 4 nitrogen and oxygen atoms in total. The first kappa shape index (κ1) is 9.84. The predicted octanol–water partition coefficient (Wildman–Crippen LogP) is 1.29. The molecule has 2 heterocycles. The van der Waals surface area contributed by atoms with Gasteiger partial charge in [-0.2, -0.15) is 0 Å². The number of nitrogens with zero attached hydrogens (tertiary/aromatic N) is 1. The number of hydrogen-bond acceptors (Lipinski definition) is 3. The summed E-state index contributed by atoms with van der Waals surface area (Å²) in [4.78, 5) is 25.3. The quantitative estimate of drug-likeness (QED) is 0.843. The van der Waals surface area contributed by atoms with Gasteiger partial charge in [0.15, 0.2) is 0 Å². The fourth-order valence-corrected chi connectivity index (χ4v) is 3.21. The van der Waals surface area contributed by atoms with E-state index in [1.807, 2.05) is 11.4 Å². The van der Waals surface area contributed by atoms with E-state index in [1.54, 1.807) is 6.07 Å². The summed E-state index contributed by atoms with van der Waals surface area (Å²) in [6.07, 6.45) is 0.963. The van der Waals surface area contributed by atoms with E-state index in [0.29, 0.717) is 17.3 Å². The second kappa shape index (κ2) is 3.31. The fourth-order valence-electron chi connectivity index (χ4n) is 2.53. The lowest BCUT2D eigenvalue weighted by Gasteiger charge is -2.23. The largest absolute Gasteiger partial charge is 0.480 e. The summed E-state index contributed by atoms with van der Waals surface area (Å²) < 4.78 is 0. The van der Waals surface area contributed by atoms with E-state index in [2.05, 4.69) is 0 Å². The highest BCUT2D eigenvalue weighted by Gasteiger charge is 2.57. The average molecular weight is 237 g/mol. The van der Waals surface area contributed by atoms with Gasteiger partial charge in [0.1, 0.15) is 6.04 Å². The fraction of sp³-hybridized carbons (Fsp3) is 0.455. The first-order valence-electron chi connectivity index (χ1n) is 5.26. The standard InChI is InChI=1S/C11H11NO3S/c13-10(8-2-1-3-16-8)12-5-6-4-7(6)9(12)11(14)15/h1-3,6-7,9H,4-5H2,(H,14,15)/t6-,7-,9-/m0/s1. The van der Waals surface area contributed by atoms with E-state index in [0.717, 1.165) is 6.42 Å². The molecule has 0 bridgehead atoms. The van der Waals surface area contributed by atoms with Gasteiger partial charge in [-0.25, -0.2) is 4.79 Å². The molecule has 1 amide bonds. The van der Waals surface area contributed by atoms with Gasteiger partial charge in [0, 0.05) is 6.54 Å². The van der Waals surface area contributed by atoms with Crippen molar-refractivity contribution in [2.24, 2.45) is 11.8 Å². The van der Waals surface area contributed by atoms with Crippen LogP contribution in [0.1, 0.15) is 16.1 Å². The third-order valence-electron chi connectivity index (χ3n) is 3.40. The van der Waals surface area contributed by atoms with Crippen LogP contribution in [-0.4, -0.2) is 34.5 Å². The van der Waals surface area contributed by atoms with E-state index in [1.165, 1.54) is 16.2 Å². The van der Waals surface area contributed by atoms with Crippen LogP contribution in [0.2, 0.25) is 0 Å². The number of likely N-dealkylation sites (tertiary alicyclic amines) is 1. The highest BCUT2D eigenvalue weighted by atomic mass is 32.1. The van der Waals surface area contributed by atoms with E-state index in [9.17, 15) is 9.59 Å². The number of carboxylic acid groups (broad SMARTS) is 1. The number of carboxylic acids is 1. The van der Waals surface area contributed by atoms with Crippen molar-refractivity contribution >= 4 is 23.2 Å². The number of hydrogen-bond donors (Lipinski definition) is 1. The molecule has 0 radical (unpaired) electrons. The number of amides is 1. The van der Waals surface area contributed by atoms with Gasteiger partial charge in [0.2, 0.25) is 0 Å². The molecule has 1 aromatic rings. The van der Waals surface area contributed by atoms with Crippen molar-refractivity contribution in [2.75, 3.05) is 6.54 Å². The van der Waals surface area contributed by atoms with E-state index >= 15 is 0 Å². The maximum absolute atomic E-state index is 12.1. The van der Waals surface area contributed by atoms with Crippen LogP contribution in [-0.2, 0) is 4.79 Å². The Morgan fingerprint density at radius 3 is 2.94 bits per heavy atom. The van der Waals surface area contributed by atoms with Crippen molar-refractivity contribution in [3.63, 3.8) is 0 Å². The Morgan fingerprint density at radius 2 is 2.31 bits per heavy atom. The molecule has 1 aliphatic carbocycles. The zero-order valence-electron chi connectivity index (χ0n) is 8.50. The van der Waals surface area contributed by atoms with Crippen molar-refractivity contribution in [1.82, 2.24) is 4.90 Å². The van der Waals surface area contributed by atoms with Crippen LogP contribution in [0.4, 0.5) is 0 Å². The number of carbonyl (C=O) groups excluding carboxylic acids is 1. The van der Waals surface area contributed by atoms with Crippen LogP contribution in [0.25, 0.3) is 0 Å². The molecular formula is C11H11NO3S. The number of carbonyl (C=O) groups is 2. The molecule has 16 heavy (non-hydrogen) atoms. The molecule has 1 aromatic heterocycles. The summed E-state index contributed by atoms with van der Waals surface area (Å²) in [7, 11) is 0. The predicted molar refractivity (Wildman–Crippen MR) is 58.4 cm³/mol. The van der Waals surface area contributed by atoms with E-state index in [-0.39, 0.29) is 11.8 Å². The topological polar surface area (TPSA) is 57.6 Å². The Bertz CT molecular complexity index is 442. The lowest BCUT2D eigenvalue weighted by atomic mass is 10.2. The molecule has 0 aromatic carbocycles. The molecule has 3 rings (SSSR count). The van der Waals surface area contributed by atoms with E-state index < -0.39 is 12.0 Å². The van der Waals surface area contributed by atoms with Crippen LogP contribution in [0, 0.1) is 11.8 Å².